The summed E-state index contributed by atoms with van der Waals surface area (Å²) in [5.74, 6) is -1.51. The van der Waals surface area contributed by atoms with E-state index in [-0.39, 0.29) is 6.54 Å². The van der Waals surface area contributed by atoms with E-state index in [2.05, 4.69) is 30.9 Å². The molecular formula is C31H28F2N10O2. The molecule has 1 saturated heterocycles. The van der Waals surface area contributed by atoms with Crippen molar-refractivity contribution in [1.29, 1.82) is 0 Å². The Bertz CT molecular complexity index is 1990. The lowest BCUT2D eigenvalue weighted by molar-refractivity contribution is -0.155. The van der Waals surface area contributed by atoms with Gasteiger partial charge >= 0.3 is 6.03 Å². The summed E-state index contributed by atoms with van der Waals surface area (Å²) < 4.78 is 31.3. The molecule has 3 N–H and O–H groups in total. The number of anilines is 1. The van der Waals surface area contributed by atoms with Gasteiger partial charge in [-0.1, -0.05) is 24.3 Å². The number of amides is 2. The zero-order chi connectivity index (χ0) is 31.1. The highest BCUT2D eigenvalue weighted by atomic mass is 19.2. The molecular weight excluding hydrogens is 582 g/mol. The smallest absolute Gasteiger partial charge is 0.320 e. The first-order valence-electron chi connectivity index (χ1n) is 14.2. The van der Waals surface area contributed by atoms with Crippen molar-refractivity contribution in [3.05, 3.63) is 108 Å². The standard InChI is InChI=1S/C31H28F2N10O2/c1-18-27(20-12-21-15-36-41(2)30(21)34-14-20)40-43(23-6-4-3-5-7-23)29(18)38-31(44)37-26-17-42(16-22-10-11-35-39-22)45-28(26)19-8-9-24(32)25(33)13-19/h3-15,26,28H,16-17H2,1-2H3,(H,35,39)(H2,37,38,44)/t26-,28?/m1/s1. The number of aryl methyl sites for hydroxylation is 1. The lowest BCUT2D eigenvalue weighted by Gasteiger charge is -2.20. The first-order chi connectivity index (χ1) is 21.8. The number of fused-ring (bicyclic) bond motifs is 1. The number of hydroxylamine groups is 2. The van der Waals surface area contributed by atoms with Gasteiger partial charge in [0.2, 0.25) is 0 Å². The Balaban J connectivity index is 1.19. The second-order valence-corrected chi connectivity index (χ2v) is 10.8. The van der Waals surface area contributed by atoms with Crippen LogP contribution in [0.3, 0.4) is 0 Å². The van der Waals surface area contributed by atoms with Gasteiger partial charge in [0.1, 0.15) is 11.9 Å². The van der Waals surface area contributed by atoms with Gasteiger partial charge in [-0.25, -0.2) is 23.2 Å². The Kier molecular flexibility index (Phi) is 7.27. The van der Waals surface area contributed by atoms with Crippen LogP contribution in [0.4, 0.5) is 19.4 Å². The highest BCUT2D eigenvalue weighted by Gasteiger charge is 2.37. The van der Waals surface area contributed by atoms with Crippen LogP contribution >= 0.6 is 0 Å². The molecule has 0 saturated carbocycles. The van der Waals surface area contributed by atoms with Crippen molar-refractivity contribution < 1.29 is 18.4 Å². The van der Waals surface area contributed by atoms with Crippen molar-refractivity contribution in [2.24, 2.45) is 7.05 Å². The number of halogens is 2. The fourth-order valence-electron chi connectivity index (χ4n) is 5.52. The number of urea groups is 1. The van der Waals surface area contributed by atoms with Gasteiger partial charge in [0.15, 0.2) is 17.3 Å². The molecule has 14 heteroatoms. The zero-order valence-electron chi connectivity index (χ0n) is 24.3. The van der Waals surface area contributed by atoms with E-state index in [1.807, 2.05) is 50.4 Å². The number of H-pyrrole nitrogens is 1. The van der Waals surface area contributed by atoms with E-state index >= 15 is 0 Å². The molecule has 12 nitrogen and oxygen atoms in total. The van der Waals surface area contributed by atoms with E-state index in [0.29, 0.717) is 23.6 Å². The van der Waals surface area contributed by atoms with E-state index in [1.54, 1.807) is 39.1 Å². The van der Waals surface area contributed by atoms with E-state index < -0.39 is 29.8 Å². The largest absolute Gasteiger partial charge is 0.331 e. The molecule has 0 spiro atoms. The van der Waals surface area contributed by atoms with Crippen molar-refractivity contribution in [3.63, 3.8) is 0 Å². The summed E-state index contributed by atoms with van der Waals surface area (Å²) in [5, 5.41) is 24.5. The SMILES string of the molecule is Cc1c(-c2cnc3c(cnn3C)c2)nn(-c2ccccc2)c1NC(=O)N[C@@H]1CN(Cc2ccn[nH]2)OC1c1ccc(F)c(F)c1. The molecule has 2 aromatic carbocycles. The number of benzene rings is 2. The third kappa shape index (κ3) is 5.52. The average Bonchev–Trinajstić information content (AvgIpc) is 3.84. The number of carbonyl (C=O) groups is 1. The first-order valence-corrected chi connectivity index (χ1v) is 14.2. The number of hydrogen-bond donors (Lipinski definition) is 3. The Labute approximate surface area is 255 Å². The van der Waals surface area contributed by atoms with Crippen LogP contribution in [0, 0.1) is 18.6 Å². The van der Waals surface area contributed by atoms with Gasteiger partial charge in [0.25, 0.3) is 0 Å². The van der Waals surface area contributed by atoms with Crippen LogP contribution in [0.25, 0.3) is 28.0 Å². The van der Waals surface area contributed by atoms with Gasteiger partial charge in [0.05, 0.1) is 35.9 Å². The molecule has 45 heavy (non-hydrogen) atoms. The molecule has 2 amide bonds. The van der Waals surface area contributed by atoms with Crippen LogP contribution in [0.1, 0.15) is 22.9 Å². The normalized spacial score (nSPS) is 16.8. The Morgan fingerprint density at radius 2 is 1.93 bits per heavy atom. The van der Waals surface area contributed by atoms with Crippen LogP contribution in [0.5, 0.6) is 0 Å². The third-order valence-electron chi connectivity index (χ3n) is 7.72. The monoisotopic (exact) mass is 610 g/mol. The molecule has 5 heterocycles. The third-order valence-corrected chi connectivity index (χ3v) is 7.72. The van der Waals surface area contributed by atoms with E-state index in [9.17, 15) is 13.6 Å². The van der Waals surface area contributed by atoms with Gasteiger partial charge in [-0.3, -0.25) is 19.9 Å². The van der Waals surface area contributed by atoms with Crippen molar-refractivity contribution in [2.75, 3.05) is 11.9 Å². The van der Waals surface area contributed by atoms with Gasteiger partial charge < -0.3 is 5.32 Å². The van der Waals surface area contributed by atoms with Crippen LogP contribution in [0.2, 0.25) is 0 Å². The summed E-state index contributed by atoms with van der Waals surface area (Å²) in [4.78, 5) is 24.3. The maximum atomic E-state index is 14.2. The molecule has 1 aliphatic rings. The van der Waals surface area contributed by atoms with Crippen molar-refractivity contribution in [2.45, 2.75) is 25.6 Å². The van der Waals surface area contributed by atoms with Crippen LogP contribution < -0.4 is 10.6 Å². The Hall–Kier alpha value is -5.47. The van der Waals surface area contributed by atoms with Crippen molar-refractivity contribution in [3.8, 4) is 16.9 Å². The van der Waals surface area contributed by atoms with Crippen LogP contribution in [0.15, 0.2) is 79.3 Å². The lowest BCUT2D eigenvalue weighted by Crippen LogP contribution is -2.42. The van der Waals surface area contributed by atoms with Gasteiger partial charge in [-0.05, 0) is 48.9 Å². The minimum Gasteiger partial charge on any atom is -0.331 e. The first kappa shape index (κ1) is 28.3. The average molecular weight is 611 g/mol. The second kappa shape index (κ2) is 11.6. The molecule has 6 aromatic rings. The number of para-hydroxylation sites is 1. The molecule has 0 bridgehead atoms. The molecule has 228 valence electrons. The fraction of sp³-hybridized carbons (Fsp3) is 0.194. The van der Waals surface area contributed by atoms with E-state index in [0.717, 1.165) is 45.7 Å². The Morgan fingerprint density at radius 1 is 1.09 bits per heavy atom. The summed E-state index contributed by atoms with van der Waals surface area (Å²) in [6.07, 6.45) is 4.32. The van der Waals surface area contributed by atoms with E-state index in [4.69, 9.17) is 9.94 Å². The molecule has 7 rings (SSSR count). The fourth-order valence-corrected chi connectivity index (χ4v) is 5.52. The molecule has 4 aromatic heterocycles. The quantitative estimate of drug-likeness (QED) is 0.237. The van der Waals surface area contributed by atoms with Gasteiger partial charge in [-0.15, -0.1) is 0 Å². The predicted octanol–water partition coefficient (Wildman–Crippen LogP) is 4.81. The number of aromatic amines is 1. The van der Waals surface area contributed by atoms with Gasteiger partial charge in [0, 0.05) is 42.5 Å². The topological polar surface area (TPSA) is 131 Å². The zero-order valence-corrected chi connectivity index (χ0v) is 24.3. The van der Waals surface area contributed by atoms with E-state index in [1.165, 1.54) is 6.07 Å². The van der Waals surface area contributed by atoms with Crippen molar-refractivity contribution >= 4 is 22.9 Å². The number of aromatic nitrogens is 7. The van der Waals surface area contributed by atoms with Gasteiger partial charge in [-0.2, -0.15) is 20.4 Å². The summed E-state index contributed by atoms with van der Waals surface area (Å²) in [7, 11) is 1.83. The summed E-state index contributed by atoms with van der Waals surface area (Å²) in [6.45, 7) is 2.49. The molecule has 0 aliphatic carbocycles. The number of carbonyl (C=O) groups excluding carboxylic acids is 1. The highest BCUT2D eigenvalue weighted by molar-refractivity contribution is 5.91. The minimum atomic E-state index is -1.000. The molecule has 1 aliphatic heterocycles. The summed E-state index contributed by atoms with van der Waals surface area (Å²) in [6, 6.07) is 15.6. The Morgan fingerprint density at radius 3 is 2.71 bits per heavy atom. The predicted molar refractivity (Wildman–Crippen MR) is 161 cm³/mol. The molecule has 1 unspecified atom stereocenters. The number of nitrogens with zero attached hydrogens (tertiary/aromatic N) is 7. The number of nitrogens with one attached hydrogen (secondary N) is 3. The molecule has 2 atom stereocenters. The number of hydrogen-bond acceptors (Lipinski definition) is 7. The van der Waals surface area contributed by atoms with Crippen molar-refractivity contribution in [1.82, 2.24) is 45.1 Å². The summed E-state index contributed by atoms with van der Waals surface area (Å²) >= 11 is 0. The maximum Gasteiger partial charge on any atom is 0.320 e. The van der Waals surface area contributed by atoms with Crippen LogP contribution in [-0.2, 0) is 18.4 Å². The summed E-state index contributed by atoms with van der Waals surface area (Å²) in [5.41, 5.74) is 4.79. The number of rotatable bonds is 7. The minimum absolute atomic E-state index is 0.273. The molecule has 1 fully saturated rings. The lowest BCUT2D eigenvalue weighted by atomic mass is 10.0. The molecule has 0 radical (unpaired) electrons. The highest BCUT2D eigenvalue weighted by Crippen LogP contribution is 2.33. The van der Waals surface area contributed by atoms with Crippen LogP contribution in [-0.4, -0.2) is 58.4 Å². The number of pyridine rings is 1. The maximum absolute atomic E-state index is 14.2. The second-order valence-electron chi connectivity index (χ2n) is 10.8.